The third-order valence-electron chi connectivity index (χ3n) is 4.45. The van der Waals surface area contributed by atoms with Crippen LogP contribution in [0.25, 0.3) is 0 Å². The summed E-state index contributed by atoms with van der Waals surface area (Å²) in [6, 6.07) is 1.64. The van der Waals surface area contributed by atoms with Crippen LogP contribution in [0.5, 0.6) is 5.75 Å². The third-order valence-corrected chi connectivity index (χ3v) is 5.70. The molecule has 3 heterocycles. The van der Waals surface area contributed by atoms with Crippen LogP contribution in [-0.2, 0) is 10.0 Å². The van der Waals surface area contributed by atoms with E-state index in [2.05, 4.69) is 4.98 Å². The number of aromatic nitrogens is 1. The molecule has 0 saturated carbocycles. The fourth-order valence-electron chi connectivity index (χ4n) is 3.23. The van der Waals surface area contributed by atoms with E-state index in [1.165, 1.54) is 23.9 Å². The van der Waals surface area contributed by atoms with E-state index in [1.807, 2.05) is 0 Å². The van der Waals surface area contributed by atoms with Crippen molar-refractivity contribution in [2.24, 2.45) is 5.41 Å². The van der Waals surface area contributed by atoms with Gasteiger partial charge in [-0.3, -0.25) is 9.78 Å². The molecular weight excluding hydrogens is 306 g/mol. The molecule has 0 radical (unpaired) electrons. The first-order valence-electron chi connectivity index (χ1n) is 7.07. The molecule has 120 valence electrons. The molecule has 2 fully saturated rings. The van der Waals surface area contributed by atoms with Gasteiger partial charge in [0, 0.05) is 37.8 Å². The van der Waals surface area contributed by atoms with Crippen LogP contribution in [-0.4, -0.2) is 68.1 Å². The highest BCUT2D eigenvalue weighted by Gasteiger charge is 2.51. The van der Waals surface area contributed by atoms with Crippen molar-refractivity contribution in [3.05, 3.63) is 24.0 Å². The maximum atomic E-state index is 12.5. The Bertz CT molecular complexity index is 698. The van der Waals surface area contributed by atoms with Gasteiger partial charge in [0.25, 0.3) is 5.91 Å². The molecule has 2 saturated heterocycles. The predicted octanol–water partition coefficient (Wildman–Crippen LogP) is 0.198. The number of hydrogen-bond acceptors (Lipinski definition) is 5. The Hall–Kier alpha value is -1.67. The predicted molar refractivity (Wildman–Crippen MR) is 80.2 cm³/mol. The fourth-order valence-corrected chi connectivity index (χ4v) is 4.16. The Morgan fingerprint density at radius 3 is 2.68 bits per heavy atom. The lowest BCUT2D eigenvalue weighted by Gasteiger charge is -2.48. The molecule has 7 nitrogen and oxygen atoms in total. The van der Waals surface area contributed by atoms with Gasteiger partial charge < -0.3 is 9.64 Å². The summed E-state index contributed by atoms with van der Waals surface area (Å²) in [6.07, 6.45) is 5.11. The van der Waals surface area contributed by atoms with Crippen molar-refractivity contribution in [3.8, 4) is 5.75 Å². The second-order valence-electron chi connectivity index (χ2n) is 6.08. The molecule has 0 N–H and O–H groups in total. The van der Waals surface area contributed by atoms with Gasteiger partial charge in [0.15, 0.2) is 0 Å². The average Bonchev–Trinajstić information content (AvgIpc) is 2.90. The number of hydrogen-bond donors (Lipinski definition) is 0. The average molecular weight is 325 g/mol. The minimum Gasteiger partial charge on any atom is -0.494 e. The van der Waals surface area contributed by atoms with Crippen molar-refractivity contribution in [2.45, 2.75) is 6.42 Å². The van der Waals surface area contributed by atoms with Gasteiger partial charge in [-0.05, 0) is 12.5 Å². The molecule has 1 aromatic rings. The second kappa shape index (κ2) is 5.20. The summed E-state index contributed by atoms with van der Waals surface area (Å²) >= 11 is 0. The van der Waals surface area contributed by atoms with Gasteiger partial charge in [-0.1, -0.05) is 0 Å². The number of nitrogens with zero attached hydrogens (tertiary/aromatic N) is 3. The summed E-state index contributed by atoms with van der Waals surface area (Å²) in [5.74, 6) is 0.361. The summed E-state index contributed by atoms with van der Waals surface area (Å²) in [6.45, 7) is 2.22. The van der Waals surface area contributed by atoms with Crippen LogP contribution in [0, 0.1) is 5.41 Å². The number of sulfonamides is 1. The first-order valence-corrected chi connectivity index (χ1v) is 8.92. The molecule has 22 heavy (non-hydrogen) atoms. The number of likely N-dealkylation sites (tertiary alicyclic amines) is 1. The maximum absolute atomic E-state index is 12.5. The Labute approximate surface area is 129 Å². The van der Waals surface area contributed by atoms with E-state index in [9.17, 15) is 13.2 Å². The number of pyridine rings is 1. The van der Waals surface area contributed by atoms with E-state index in [-0.39, 0.29) is 11.3 Å². The minimum absolute atomic E-state index is 0.0843. The Morgan fingerprint density at radius 2 is 2.09 bits per heavy atom. The maximum Gasteiger partial charge on any atom is 0.257 e. The van der Waals surface area contributed by atoms with E-state index < -0.39 is 10.0 Å². The van der Waals surface area contributed by atoms with Crippen LogP contribution < -0.4 is 4.74 Å². The van der Waals surface area contributed by atoms with Gasteiger partial charge >= 0.3 is 0 Å². The topological polar surface area (TPSA) is 79.8 Å². The molecule has 3 rings (SSSR count). The van der Waals surface area contributed by atoms with E-state index in [0.29, 0.717) is 37.5 Å². The molecular formula is C14H19N3O4S. The SMILES string of the molecule is COc1cnccc1C(=O)N1CC2(CCN(S(C)(=O)=O)C2)C1. The zero-order valence-corrected chi connectivity index (χ0v) is 13.5. The van der Waals surface area contributed by atoms with E-state index in [0.717, 1.165) is 6.42 Å². The smallest absolute Gasteiger partial charge is 0.257 e. The molecule has 1 amide bonds. The highest BCUT2D eigenvalue weighted by molar-refractivity contribution is 7.88. The summed E-state index contributed by atoms with van der Waals surface area (Å²) < 4.78 is 29.9. The number of methoxy groups -OCH3 is 1. The van der Waals surface area contributed by atoms with Crippen LogP contribution in [0.1, 0.15) is 16.8 Å². The molecule has 2 aliphatic heterocycles. The number of carbonyl (C=O) groups excluding carboxylic acids is 1. The standard InChI is InChI=1S/C14H19N3O4S/c1-21-12-7-15-5-3-11(12)13(18)16-8-14(9-16)4-6-17(10-14)22(2,19)20/h3,5,7H,4,6,8-10H2,1-2H3. The molecule has 1 aromatic heterocycles. The van der Waals surface area contributed by atoms with E-state index in [4.69, 9.17) is 4.74 Å². The molecule has 0 atom stereocenters. The quantitative estimate of drug-likeness (QED) is 0.793. The highest BCUT2D eigenvalue weighted by atomic mass is 32.2. The number of ether oxygens (including phenoxy) is 1. The normalized spacial score (nSPS) is 20.9. The molecule has 0 aliphatic carbocycles. The zero-order chi connectivity index (χ0) is 16.0. The first-order chi connectivity index (χ1) is 10.3. The van der Waals surface area contributed by atoms with Crippen LogP contribution in [0.4, 0.5) is 0 Å². The number of amides is 1. The molecule has 1 spiro atoms. The van der Waals surface area contributed by atoms with Crippen molar-refractivity contribution >= 4 is 15.9 Å². The lowest BCUT2D eigenvalue weighted by Crippen LogP contribution is -2.59. The second-order valence-corrected chi connectivity index (χ2v) is 8.07. The van der Waals surface area contributed by atoms with Crippen LogP contribution in [0.2, 0.25) is 0 Å². The van der Waals surface area contributed by atoms with Gasteiger partial charge in [-0.15, -0.1) is 0 Å². The molecule has 8 heteroatoms. The number of rotatable bonds is 3. The van der Waals surface area contributed by atoms with Crippen molar-refractivity contribution < 1.29 is 17.9 Å². The van der Waals surface area contributed by atoms with Gasteiger partial charge in [0.1, 0.15) is 5.75 Å². The monoisotopic (exact) mass is 325 g/mol. The van der Waals surface area contributed by atoms with Crippen LogP contribution in [0.3, 0.4) is 0 Å². The zero-order valence-electron chi connectivity index (χ0n) is 12.7. The summed E-state index contributed by atoms with van der Waals surface area (Å²) in [5, 5.41) is 0. The van der Waals surface area contributed by atoms with E-state index >= 15 is 0 Å². The summed E-state index contributed by atoms with van der Waals surface area (Å²) in [7, 11) is -1.64. The van der Waals surface area contributed by atoms with Crippen molar-refractivity contribution in [1.29, 1.82) is 0 Å². The van der Waals surface area contributed by atoms with Gasteiger partial charge in [0.05, 0.1) is 25.1 Å². The largest absolute Gasteiger partial charge is 0.494 e. The van der Waals surface area contributed by atoms with Crippen molar-refractivity contribution in [2.75, 3.05) is 39.5 Å². The number of carbonyl (C=O) groups is 1. The molecule has 0 bridgehead atoms. The van der Waals surface area contributed by atoms with Crippen LogP contribution in [0.15, 0.2) is 18.5 Å². The fraction of sp³-hybridized carbons (Fsp3) is 0.571. The van der Waals surface area contributed by atoms with Gasteiger partial charge in [-0.2, -0.15) is 0 Å². The van der Waals surface area contributed by atoms with Gasteiger partial charge in [-0.25, -0.2) is 12.7 Å². The molecule has 2 aliphatic rings. The van der Waals surface area contributed by atoms with Gasteiger partial charge in [0.2, 0.25) is 10.0 Å². The lowest BCUT2D eigenvalue weighted by atomic mass is 9.79. The Morgan fingerprint density at radius 1 is 1.36 bits per heavy atom. The summed E-state index contributed by atoms with van der Waals surface area (Å²) in [5.41, 5.74) is 0.407. The Balaban J connectivity index is 1.68. The lowest BCUT2D eigenvalue weighted by molar-refractivity contribution is 0.0134. The molecule has 0 aromatic carbocycles. The highest BCUT2D eigenvalue weighted by Crippen LogP contribution is 2.41. The van der Waals surface area contributed by atoms with Crippen molar-refractivity contribution in [3.63, 3.8) is 0 Å². The van der Waals surface area contributed by atoms with Crippen molar-refractivity contribution in [1.82, 2.24) is 14.2 Å². The first kappa shape index (κ1) is 15.2. The van der Waals surface area contributed by atoms with Crippen LogP contribution >= 0.6 is 0 Å². The summed E-state index contributed by atoms with van der Waals surface area (Å²) in [4.78, 5) is 18.2. The van der Waals surface area contributed by atoms with E-state index in [1.54, 1.807) is 17.2 Å². The third kappa shape index (κ3) is 2.56. The minimum atomic E-state index is -3.15. The molecule has 0 unspecified atom stereocenters. The Kier molecular flexibility index (Phi) is 3.60.